The topological polar surface area (TPSA) is 112 Å². The van der Waals surface area contributed by atoms with Gasteiger partial charge in [-0.2, -0.15) is 5.10 Å². The number of halogens is 1. The molecular formula is C12H12FN3O4S. The average molecular weight is 313 g/mol. The summed E-state index contributed by atoms with van der Waals surface area (Å²) in [6, 6.07) is 4.70. The monoisotopic (exact) mass is 313 g/mol. The fourth-order valence-electron chi connectivity index (χ4n) is 1.77. The van der Waals surface area contributed by atoms with E-state index in [0.717, 1.165) is 6.20 Å². The van der Waals surface area contributed by atoms with Gasteiger partial charge in [-0.15, -0.1) is 0 Å². The molecular weight excluding hydrogens is 301 g/mol. The van der Waals surface area contributed by atoms with Gasteiger partial charge in [0.2, 0.25) is 0 Å². The zero-order valence-corrected chi connectivity index (χ0v) is 11.7. The van der Waals surface area contributed by atoms with Crippen molar-refractivity contribution in [2.24, 2.45) is 0 Å². The predicted molar refractivity (Wildman–Crippen MR) is 70.7 cm³/mol. The molecule has 1 atom stereocenters. The number of carboxylic acids is 1. The smallest absolute Gasteiger partial charge is 0.340 e. The summed E-state index contributed by atoms with van der Waals surface area (Å²) < 4.78 is 39.7. The van der Waals surface area contributed by atoms with Crippen molar-refractivity contribution >= 4 is 16.0 Å². The van der Waals surface area contributed by atoms with Crippen LogP contribution in [0.1, 0.15) is 28.9 Å². The van der Waals surface area contributed by atoms with Crippen LogP contribution in [-0.4, -0.2) is 29.7 Å². The highest BCUT2D eigenvalue weighted by molar-refractivity contribution is 7.89. The molecule has 1 aromatic carbocycles. The summed E-state index contributed by atoms with van der Waals surface area (Å²) >= 11 is 0. The lowest BCUT2D eigenvalue weighted by atomic mass is 10.1. The Labute approximate surface area is 119 Å². The molecule has 2 rings (SSSR count). The molecule has 7 nitrogen and oxygen atoms in total. The summed E-state index contributed by atoms with van der Waals surface area (Å²) in [5.74, 6) is -1.91. The van der Waals surface area contributed by atoms with Crippen molar-refractivity contribution in [3.05, 3.63) is 47.4 Å². The third kappa shape index (κ3) is 3.26. The molecule has 0 aliphatic carbocycles. The fourth-order valence-corrected chi connectivity index (χ4v) is 3.09. The first-order valence-corrected chi connectivity index (χ1v) is 7.34. The summed E-state index contributed by atoms with van der Waals surface area (Å²) in [5.41, 5.74) is -0.0519. The Morgan fingerprint density at radius 3 is 2.81 bits per heavy atom. The lowest BCUT2D eigenvalue weighted by Crippen LogP contribution is -2.28. The van der Waals surface area contributed by atoms with E-state index in [4.69, 9.17) is 5.11 Å². The van der Waals surface area contributed by atoms with Gasteiger partial charge in [-0.3, -0.25) is 5.10 Å². The number of benzene rings is 1. The molecule has 0 saturated heterocycles. The number of hydrogen-bond donors (Lipinski definition) is 3. The van der Waals surface area contributed by atoms with Gasteiger partial charge >= 0.3 is 5.97 Å². The lowest BCUT2D eigenvalue weighted by Gasteiger charge is -2.14. The SMILES string of the molecule is C[C@@H](NS(=O)(=O)c1[nH]ncc1C(=O)O)c1cccc(F)c1. The van der Waals surface area contributed by atoms with E-state index in [1.165, 1.54) is 25.1 Å². The van der Waals surface area contributed by atoms with Crippen LogP contribution in [0.2, 0.25) is 0 Å². The van der Waals surface area contributed by atoms with Crippen LogP contribution in [0.5, 0.6) is 0 Å². The minimum Gasteiger partial charge on any atom is -0.478 e. The maximum atomic E-state index is 13.1. The average Bonchev–Trinajstić information content (AvgIpc) is 2.88. The van der Waals surface area contributed by atoms with Gasteiger partial charge in [-0.05, 0) is 24.6 Å². The maximum Gasteiger partial charge on any atom is 0.340 e. The quantitative estimate of drug-likeness (QED) is 0.770. The van der Waals surface area contributed by atoms with E-state index in [0.29, 0.717) is 5.56 Å². The fraction of sp³-hybridized carbons (Fsp3) is 0.167. The number of sulfonamides is 1. The second-order valence-electron chi connectivity index (χ2n) is 4.32. The normalized spacial score (nSPS) is 13.0. The van der Waals surface area contributed by atoms with E-state index in [2.05, 4.69) is 14.9 Å². The first kappa shape index (κ1) is 15.1. The number of nitrogens with zero attached hydrogens (tertiary/aromatic N) is 1. The highest BCUT2D eigenvalue weighted by Gasteiger charge is 2.26. The van der Waals surface area contributed by atoms with E-state index in [9.17, 15) is 17.6 Å². The van der Waals surface area contributed by atoms with Crippen LogP contribution >= 0.6 is 0 Å². The number of aromatic nitrogens is 2. The van der Waals surface area contributed by atoms with Crippen LogP contribution in [0.3, 0.4) is 0 Å². The van der Waals surface area contributed by atoms with Crippen LogP contribution in [0.4, 0.5) is 4.39 Å². The van der Waals surface area contributed by atoms with Gasteiger partial charge in [0.15, 0.2) is 5.03 Å². The molecule has 21 heavy (non-hydrogen) atoms. The van der Waals surface area contributed by atoms with E-state index in [1.807, 2.05) is 0 Å². The molecule has 2 aromatic rings. The van der Waals surface area contributed by atoms with Crippen molar-refractivity contribution in [3.63, 3.8) is 0 Å². The number of carboxylic acid groups (broad SMARTS) is 1. The molecule has 0 fully saturated rings. The molecule has 112 valence electrons. The van der Waals surface area contributed by atoms with Crippen molar-refractivity contribution in [1.82, 2.24) is 14.9 Å². The first-order valence-electron chi connectivity index (χ1n) is 5.85. The van der Waals surface area contributed by atoms with Gasteiger partial charge < -0.3 is 5.11 Å². The maximum absolute atomic E-state index is 13.1. The van der Waals surface area contributed by atoms with Crippen LogP contribution in [0, 0.1) is 5.82 Å². The van der Waals surface area contributed by atoms with Gasteiger partial charge in [0.1, 0.15) is 11.4 Å². The number of nitrogens with one attached hydrogen (secondary N) is 2. The number of rotatable bonds is 5. The van der Waals surface area contributed by atoms with Crippen molar-refractivity contribution in [1.29, 1.82) is 0 Å². The van der Waals surface area contributed by atoms with Crippen molar-refractivity contribution in [2.75, 3.05) is 0 Å². The molecule has 0 aliphatic heterocycles. The van der Waals surface area contributed by atoms with E-state index in [1.54, 1.807) is 6.07 Å². The van der Waals surface area contributed by atoms with Crippen LogP contribution in [0.15, 0.2) is 35.5 Å². The summed E-state index contributed by atoms with van der Waals surface area (Å²) in [6.07, 6.45) is 0.906. The van der Waals surface area contributed by atoms with Crippen LogP contribution < -0.4 is 4.72 Å². The summed E-state index contributed by atoms with van der Waals surface area (Å²) in [5, 5.41) is 13.9. The standard InChI is InChI=1S/C12H12FN3O4S/c1-7(8-3-2-4-9(13)5-8)16-21(19,20)11-10(12(17)18)6-14-15-11/h2-7,16H,1H3,(H,14,15)(H,17,18)/t7-/m1/s1. The van der Waals surface area contributed by atoms with Gasteiger partial charge in [-0.25, -0.2) is 22.3 Å². The van der Waals surface area contributed by atoms with Crippen LogP contribution in [-0.2, 0) is 10.0 Å². The summed E-state index contributed by atoms with van der Waals surface area (Å²) in [6.45, 7) is 1.52. The Morgan fingerprint density at radius 1 is 1.48 bits per heavy atom. The second kappa shape index (κ2) is 5.62. The van der Waals surface area contributed by atoms with Crippen molar-refractivity contribution in [2.45, 2.75) is 18.0 Å². The number of carbonyl (C=O) groups is 1. The molecule has 9 heteroatoms. The number of aromatic carboxylic acids is 1. The summed E-state index contributed by atoms with van der Waals surface area (Å²) in [7, 11) is -4.12. The third-order valence-corrected chi connectivity index (χ3v) is 4.30. The summed E-state index contributed by atoms with van der Waals surface area (Å²) in [4.78, 5) is 10.9. The minimum atomic E-state index is -4.12. The first-order chi connectivity index (χ1) is 9.81. The molecule has 3 N–H and O–H groups in total. The molecule has 0 spiro atoms. The van der Waals surface area contributed by atoms with Gasteiger partial charge in [-0.1, -0.05) is 12.1 Å². The second-order valence-corrected chi connectivity index (χ2v) is 5.97. The molecule has 0 unspecified atom stereocenters. The lowest BCUT2D eigenvalue weighted by molar-refractivity contribution is 0.0692. The van der Waals surface area contributed by atoms with Gasteiger partial charge in [0, 0.05) is 6.04 Å². The molecule has 0 saturated carbocycles. The molecule has 1 aromatic heterocycles. The van der Waals surface area contributed by atoms with Gasteiger partial charge in [0.05, 0.1) is 6.20 Å². The van der Waals surface area contributed by atoms with Crippen LogP contribution in [0.25, 0.3) is 0 Å². The molecule has 0 radical (unpaired) electrons. The van der Waals surface area contributed by atoms with E-state index < -0.39 is 38.4 Å². The molecule has 0 aliphatic rings. The van der Waals surface area contributed by atoms with E-state index >= 15 is 0 Å². The Hall–Kier alpha value is -2.26. The highest BCUT2D eigenvalue weighted by atomic mass is 32.2. The Kier molecular flexibility index (Phi) is 4.05. The Morgan fingerprint density at radius 2 is 2.19 bits per heavy atom. The largest absolute Gasteiger partial charge is 0.478 e. The zero-order valence-electron chi connectivity index (χ0n) is 10.9. The molecule has 0 bridgehead atoms. The number of H-pyrrole nitrogens is 1. The minimum absolute atomic E-state index is 0.412. The molecule has 0 amide bonds. The molecule has 1 heterocycles. The highest BCUT2D eigenvalue weighted by Crippen LogP contribution is 2.18. The zero-order chi connectivity index (χ0) is 15.6. The Balaban J connectivity index is 2.29. The number of aromatic amines is 1. The van der Waals surface area contributed by atoms with E-state index in [-0.39, 0.29) is 0 Å². The Bertz CT molecular complexity index is 772. The van der Waals surface area contributed by atoms with Crippen molar-refractivity contribution < 1.29 is 22.7 Å². The predicted octanol–water partition coefficient (Wildman–Crippen LogP) is 1.29. The van der Waals surface area contributed by atoms with Crippen molar-refractivity contribution in [3.8, 4) is 0 Å². The number of hydrogen-bond acceptors (Lipinski definition) is 4. The third-order valence-electron chi connectivity index (χ3n) is 2.78. The van der Waals surface area contributed by atoms with Gasteiger partial charge in [0.25, 0.3) is 10.0 Å².